The Bertz CT molecular complexity index is 174. The van der Waals surface area contributed by atoms with E-state index in [0.29, 0.717) is 5.92 Å². The predicted molar refractivity (Wildman–Crippen MR) is 51.3 cm³/mol. The predicted octanol–water partition coefficient (Wildman–Crippen LogP) is 1.33. The summed E-state index contributed by atoms with van der Waals surface area (Å²) < 4.78 is 13.3. The molecule has 2 aliphatic heterocycles. The number of halogens is 1. The number of hydrogen-bond donors (Lipinski definition) is 0. The summed E-state index contributed by atoms with van der Waals surface area (Å²) in [4.78, 5) is 4.36. The van der Waals surface area contributed by atoms with Crippen LogP contribution in [0.2, 0.25) is 0 Å². The van der Waals surface area contributed by atoms with E-state index in [1.54, 1.807) is 0 Å². The molecule has 0 amide bonds. The number of nitrogens with zero attached hydrogens (tertiary/aromatic N) is 2. The number of hydrogen-bond acceptors (Lipinski definition) is 2. The minimum Gasteiger partial charge on any atom is -0.306 e. The maximum atomic E-state index is 13.3. The van der Waals surface area contributed by atoms with Crippen molar-refractivity contribution in [2.45, 2.75) is 25.6 Å². The van der Waals surface area contributed by atoms with Crippen molar-refractivity contribution in [2.24, 2.45) is 5.92 Å². The largest absolute Gasteiger partial charge is 0.306 e. The zero-order chi connectivity index (χ0) is 9.26. The third kappa shape index (κ3) is 2.20. The third-order valence-corrected chi connectivity index (χ3v) is 3.27. The molecule has 2 atom stereocenters. The van der Waals surface area contributed by atoms with Crippen LogP contribution in [-0.2, 0) is 0 Å². The molecular formula is C10H19FN2. The van der Waals surface area contributed by atoms with E-state index >= 15 is 0 Å². The van der Waals surface area contributed by atoms with Crippen molar-refractivity contribution in [3.8, 4) is 0 Å². The van der Waals surface area contributed by atoms with Gasteiger partial charge in [0.2, 0.25) is 0 Å². The Kier molecular flexibility index (Phi) is 2.84. The van der Waals surface area contributed by atoms with Gasteiger partial charge in [-0.05, 0) is 38.8 Å². The van der Waals surface area contributed by atoms with Crippen molar-refractivity contribution < 1.29 is 4.39 Å². The molecule has 0 bridgehead atoms. The molecule has 2 unspecified atom stereocenters. The van der Waals surface area contributed by atoms with Crippen LogP contribution in [0.3, 0.4) is 0 Å². The Morgan fingerprint density at radius 3 is 2.69 bits per heavy atom. The lowest BCUT2D eigenvalue weighted by Gasteiger charge is -2.21. The first-order valence-electron chi connectivity index (χ1n) is 5.32. The SMILES string of the molecule is CN1CCC(CN2CCCC2F)C1. The lowest BCUT2D eigenvalue weighted by Crippen LogP contribution is -2.32. The summed E-state index contributed by atoms with van der Waals surface area (Å²) in [7, 11) is 2.15. The van der Waals surface area contributed by atoms with Gasteiger partial charge in [-0.25, -0.2) is 4.39 Å². The van der Waals surface area contributed by atoms with Crippen molar-refractivity contribution in [1.82, 2.24) is 9.80 Å². The molecule has 0 saturated carbocycles. The standard InChI is InChI=1S/C10H19FN2/c1-12-6-4-9(7-12)8-13-5-2-3-10(13)11/h9-10H,2-8H2,1H3. The second-order valence-corrected chi connectivity index (χ2v) is 4.49. The second-order valence-electron chi connectivity index (χ2n) is 4.49. The number of likely N-dealkylation sites (tertiary alicyclic amines) is 2. The first-order valence-corrected chi connectivity index (χ1v) is 5.32. The highest BCUT2D eigenvalue weighted by Gasteiger charge is 2.28. The van der Waals surface area contributed by atoms with E-state index in [1.807, 2.05) is 4.90 Å². The molecule has 3 heteroatoms. The monoisotopic (exact) mass is 186 g/mol. The van der Waals surface area contributed by atoms with Gasteiger partial charge in [-0.15, -0.1) is 0 Å². The summed E-state index contributed by atoms with van der Waals surface area (Å²) in [5, 5.41) is 0. The lowest BCUT2D eigenvalue weighted by molar-refractivity contribution is 0.110. The van der Waals surface area contributed by atoms with E-state index in [4.69, 9.17) is 0 Å². The molecule has 0 aliphatic carbocycles. The lowest BCUT2D eigenvalue weighted by atomic mass is 10.1. The molecule has 0 spiro atoms. The van der Waals surface area contributed by atoms with Gasteiger partial charge in [0.15, 0.2) is 6.30 Å². The van der Waals surface area contributed by atoms with Crippen LogP contribution in [0.4, 0.5) is 4.39 Å². The Balaban J connectivity index is 1.77. The summed E-state index contributed by atoms with van der Waals surface area (Å²) in [6.07, 6.45) is 2.40. The Hall–Kier alpha value is -0.150. The molecule has 2 rings (SSSR count). The van der Waals surface area contributed by atoms with Gasteiger partial charge >= 0.3 is 0 Å². The van der Waals surface area contributed by atoms with E-state index in [1.165, 1.54) is 13.0 Å². The van der Waals surface area contributed by atoms with Gasteiger partial charge in [0.05, 0.1) is 0 Å². The van der Waals surface area contributed by atoms with Crippen molar-refractivity contribution in [1.29, 1.82) is 0 Å². The molecule has 0 N–H and O–H groups in total. The maximum absolute atomic E-state index is 13.3. The van der Waals surface area contributed by atoms with E-state index in [9.17, 15) is 4.39 Å². The second kappa shape index (κ2) is 3.93. The highest BCUT2D eigenvalue weighted by atomic mass is 19.1. The van der Waals surface area contributed by atoms with Crippen LogP contribution in [-0.4, -0.2) is 49.3 Å². The fourth-order valence-corrected chi connectivity index (χ4v) is 2.50. The fourth-order valence-electron chi connectivity index (χ4n) is 2.50. The van der Waals surface area contributed by atoms with Crippen molar-refractivity contribution >= 4 is 0 Å². The summed E-state index contributed by atoms with van der Waals surface area (Å²) in [5.74, 6) is 0.710. The van der Waals surface area contributed by atoms with Gasteiger partial charge in [0.25, 0.3) is 0 Å². The van der Waals surface area contributed by atoms with Gasteiger partial charge < -0.3 is 4.90 Å². The van der Waals surface area contributed by atoms with Crippen LogP contribution >= 0.6 is 0 Å². The Morgan fingerprint density at radius 1 is 1.31 bits per heavy atom. The quantitative estimate of drug-likeness (QED) is 0.600. The molecule has 0 radical (unpaired) electrons. The number of alkyl halides is 1. The third-order valence-electron chi connectivity index (χ3n) is 3.27. The average Bonchev–Trinajstić information content (AvgIpc) is 2.64. The summed E-state index contributed by atoms with van der Waals surface area (Å²) in [6.45, 7) is 4.30. The van der Waals surface area contributed by atoms with Crippen LogP contribution in [0.15, 0.2) is 0 Å². The van der Waals surface area contributed by atoms with E-state index < -0.39 is 6.30 Å². The zero-order valence-electron chi connectivity index (χ0n) is 8.38. The van der Waals surface area contributed by atoms with Gasteiger partial charge in [-0.2, -0.15) is 0 Å². The van der Waals surface area contributed by atoms with E-state index in [0.717, 1.165) is 32.5 Å². The molecule has 0 aromatic carbocycles. The highest BCUT2D eigenvalue weighted by molar-refractivity contribution is 4.79. The van der Waals surface area contributed by atoms with Crippen molar-refractivity contribution in [3.05, 3.63) is 0 Å². The van der Waals surface area contributed by atoms with Crippen LogP contribution in [0.5, 0.6) is 0 Å². The summed E-state index contributed by atoms with van der Waals surface area (Å²) in [6, 6.07) is 0. The van der Waals surface area contributed by atoms with Crippen LogP contribution in [0.25, 0.3) is 0 Å². The van der Waals surface area contributed by atoms with Crippen molar-refractivity contribution in [2.75, 3.05) is 33.2 Å². The van der Waals surface area contributed by atoms with Crippen molar-refractivity contribution in [3.63, 3.8) is 0 Å². The van der Waals surface area contributed by atoms with E-state index in [2.05, 4.69) is 11.9 Å². The minimum absolute atomic E-state index is 0.647. The van der Waals surface area contributed by atoms with Gasteiger partial charge in [0, 0.05) is 19.6 Å². The molecule has 2 heterocycles. The molecule has 2 nitrogen and oxygen atoms in total. The van der Waals surface area contributed by atoms with E-state index in [-0.39, 0.29) is 0 Å². The minimum atomic E-state index is -0.647. The van der Waals surface area contributed by atoms with Crippen LogP contribution < -0.4 is 0 Å². The zero-order valence-corrected chi connectivity index (χ0v) is 8.38. The van der Waals surface area contributed by atoms with Crippen LogP contribution in [0.1, 0.15) is 19.3 Å². The molecule has 13 heavy (non-hydrogen) atoms. The molecule has 76 valence electrons. The first kappa shape index (κ1) is 9.41. The van der Waals surface area contributed by atoms with Gasteiger partial charge in [-0.3, -0.25) is 4.90 Å². The molecule has 2 fully saturated rings. The molecule has 0 aromatic rings. The Morgan fingerprint density at radius 2 is 2.15 bits per heavy atom. The highest BCUT2D eigenvalue weighted by Crippen LogP contribution is 2.22. The molecule has 2 aliphatic rings. The normalized spacial score (nSPS) is 37.4. The fraction of sp³-hybridized carbons (Fsp3) is 1.00. The first-order chi connectivity index (χ1) is 6.25. The summed E-state index contributed by atoms with van der Waals surface area (Å²) in [5.41, 5.74) is 0. The molecule has 2 saturated heterocycles. The maximum Gasteiger partial charge on any atom is 0.153 e. The Labute approximate surface area is 79.7 Å². The average molecular weight is 186 g/mol. The smallest absolute Gasteiger partial charge is 0.153 e. The topological polar surface area (TPSA) is 6.48 Å². The number of rotatable bonds is 2. The molecular weight excluding hydrogens is 167 g/mol. The van der Waals surface area contributed by atoms with Gasteiger partial charge in [-0.1, -0.05) is 0 Å². The van der Waals surface area contributed by atoms with Crippen LogP contribution in [0, 0.1) is 5.92 Å². The summed E-state index contributed by atoms with van der Waals surface area (Å²) >= 11 is 0. The molecule has 0 aromatic heterocycles. The van der Waals surface area contributed by atoms with Gasteiger partial charge in [0.1, 0.15) is 0 Å².